The Hall–Kier alpha value is -2.96. The molecule has 2 fully saturated rings. The van der Waals surface area contributed by atoms with E-state index in [-0.39, 0.29) is 24.1 Å². The smallest absolute Gasteiger partial charge is 0.257 e. The van der Waals surface area contributed by atoms with Crippen molar-refractivity contribution in [2.24, 2.45) is 0 Å². The van der Waals surface area contributed by atoms with E-state index in [9.17, 15) is 18.4 Å². The zero-order chi connectivity index (χ0) is 20.4. The number of carbonyl (C=O) groups is 2. The monoisotopic (exact) mass is 400 g/mol. The number of rotatable bonds is 6. The summed E-state index contributed by atoms with van der Waals surface area (Å²) in [5.41, 5.74) is 0.312. The van der Waals surface area contributed by atoms with Crippen LogP contribution >= 0.6 is 0 Å². The number of nitrogens with zero attached hydrogens (tertiary/aromatic N) is 1. The van der Waals surface area contributed by atoms with E-state index in [4.69, 9.17) is 4.74 Å². The van der Waals surface area contributed by atoms with E-state index in [1.807, 2.05) is 0 Å². The highest BCUT2D eigenvalue weighted by Crippen LogP contribution is 2.24. The number of halogens is 2. The summed E-state index contributed by atoms with van der Waals surface area (Å²) >= 11 is 0. The third-order valence-electron chi connectivity index (χ3n) is 5.27. The molecule has 152 valence electrons. The predicted octanol–water partition coefficient (Wildman–Crippen LogP) is 3.54. The first-order chi connectivity index (χ1) is 14.0. The zero-order valence-corrected chi connectivity index (χ0v) is 15.9. The number of likely N-dealkylation sites (tertiary alicyclic amines) is 1. The van der Waals surface area contributed by atoms with Gasteiger partial charge in [0.15, 0.2) is 0 Å². The lowest BCUT2D eigenvalue weighted by Crippen LogP contribution is -2.39. The highest BCUT2D eigenvalue weighted by Gasteiger charge is 2.31. The Balaban J connectivity index is 1.36. The summed E-state index contributed by atoms with van der Waals surface area (Å²) in [5.74, 6) is -1.41. The zero-order valence-electron chi connectivity index (χ0n) is 15.9. The molecule has 5 nitrogen and oxygen atoms in total. The second-order valence-corrected chi connectivity index (χ2v) is 7.50. The lowest BCUT2D eigenvalue weighted by atomic mass is 10.1. The maximum Gasteiger partial charge on any atom is 0.257 e. The molecule has 2 amide bonds. The highest BCUT2D eigenvalue weighted by atomic mass is 19.1. The van der Waals surface area contributed by atoms with Gasteiger partial charge in [-0.15, -0.1) is 0 Å². The van der Waals surface area contributed by atoms with Crippen LogP contribution < -0.4 is 10.1 Å². The van der Waals surface area contributed by atoms with Gasteiger partial charge in [-0.1, -0.05) is 0 Å². The maximum absolute atomic E-state index is 14.0. The molecule has 29 heavy (non-hydrogen) atoms. The fourth-order valence-electron chi connectivity index (χ4n) is 3.48. The first-order valence-electron chi connectivity index (χ1n) is 9.81. The minimum Gasteiger partial charge on any atom is -0.491 e. The maximum atomic E-state index is 14.0. The molecule has 1 saturated carbocycles. The summed E-state index contributed by atoms with van der Waals surface area (Å²) < 4.78 is 33.2. The lowest BCUT2D eigenvalue weighted by molar-refractivity contribution is 0.0686. The van der Waals surface area contributed by atoms with Crippen molar-refractivity contribution in [1.82, 2.24) is 10.2 Å². The van der Waals surface area contributed by atoms with Gasteiger partial charge in [-0.3, -0.25) is 9.59 Å². The van der Waals surface area contributed by atoms with Gasteiger partial charge >= 0.3 is 0 Å². The van der Waals surface area contributed by atoms with E-state index in [2.05, 4.69) is 5.32 Å². The average molecular weight is 400 g/mol. The van der Waals surface area contributed by atoms with E-state index in [1.165, 1.54) is 4.90 Å². The van der Waals surface area contributed by atoms with Gasteiger partial charge in [0, 0.05) is 18.2 Å². The minimum atomic E-state index is -0.733. The summed E-state index contributed by atoms with van der Waals surface area (Å²) in [4.78, 5) is 26.2. The molecule has 7 heteroatoms. The molecule has 0 spiro atoms. The van der Waals surface area contributed by atoms with E-state index >= 15 is 0 Å². The van der Waals surface area contributed by atoms with Gasteiger partial charge in [-0.2, -0.15) is 0 Å². The van der Waals surface area contributed by atoms with Crippen molar-refractivity contribution in [3.63, 3.8) is 0 Å². The van der Waals surface area contributed by atoms with Crippen molar-refractivity contribution in [1.29, 1.82) is 0 Å². The molecule has 0 unspecified atom stereocenters. The average Bonchev–Trinajstić information content (AvgIpc) is 3.41. The Morgan fingerprint density at radius 2 is 1.83 bits per heavy atom. The predicted molar refractivity (Wildman–Crippen MR) is 103 cm³/mol. The van der Waals surface area contributed by atoms with Crippen LogP contribution in [-0.4, -0.2) is 41.9 Å². The fourth-order valence-corrected chi connectivity index (χ4v) is 3.48. The second kappa shape index (κ2) is 8.19. The Kier molecular flexibility index (Phi) is 5.47. The molecule has 0 bridgehead atoms. The van der Waals surface area contributed by atoms with E-state index in [0.717, 1.165) is 43.9 Å². The number of nitrogens with one attached hydrogen (secondary N) is 1. The van der Waals surface area contributed by atoms with E-state index in [0.29, 0.717) is 23.9 Å². The van der Waals surface area contributed by atoms with Crippen molar-refractivity contribution in [3.8, 4) is 5.75 Å². The van der Waals surface area contributed by atoms with Gasteiger partial charge in [-0.05, 0) is 68.1 Å². The molecule has 1 heterocycles. The van der Waals surface area contributed by atoms with Crippen LogP contribution in [0.3, 0.4) is 0 Å². The molecule has 1 saturated heterocycles. The first-order valence-corrected chi connectivity index (χ1v) is 9.81. The summed E-state index contributed by atoms with van der Waals surface area (Å²) in [6.45, 7) is 0.722. The van der Waals surface area contributed by atoms with Crippen LogP contribution in [0.4, 0.5) is 8.78 Å². The summed E-state index contributed by atoms with van der Waals surface area (Å²) in [6, 6.07) is 9.80. The van der Waals surface area contributed by atoms with E-state index in [1.54, 1.807) is 24.3 Å². The Morgan fingerprint density at radius 3 is 2.55 bits per heavy atom. The van der Waals surface area contributed by atoms with Gasteiger partial charge in [0.1, 0.15) is 24.0 Å². The van der Waals surface area contributed by atoms with Crippen LogP contribution in [0.2, 0.25) is 0 Å². The van der Waals surface area contributed by atoms with Crippen molar-refractivity contribution < 1.29 is 23.1 Å². The number of benzene rings is 2. The molecule has 1 N–H and O–H groups in total. The topological polar surface area (TPSA) is 58.6 Å². The van der Waals surface area contributed by atoms with Crippen LogP contribution in [0, 0.1) is 11.6 Å². The van der Waals surface area contributed by atoms with Gasteiger partial charge in [0.2, 0.25) is 0 Å². The third-order valence-corrected chi connectivity index (χ3v) is 5.27. The van der Waals surface area contributed by atoms with Crippen molar-refractivity contribution >= 4 is 11.8 Å². The fraction of sp³-hybridized carbons (Fsp3) is 0.364. The van der Waals surface area contributed by atoms with Gasteiger partial charge in [0.25, 0.3) is 11.8 Å². The summed E-state index contributed by atoms with van der Waals surface area (Å²) in [7, 11) is 0. The largest absolute Gasteiger partial charge is 0.491 e. The van der Waals surface area contributed by atoms with Crippen LogP contribution in [0.25, 0.3) is 0 Å². The first kappa shape index (κ1) is 19.4. The summed E-state index contributed by atoms with van der Waals surface area (Å²) in [5, 5.41) is 2.93. The molecular weight excluding hydrogens is 378 g/mol. The number of hydrogen-bond donors (Lipinski definition) is 1. The molecule has 2 aromatic rings. The molecule has 1 atom stereocenters. The summed E-state index contributed by atoms with van der Waals surface area (Å²) in [6.07, 6.45) is 3.56. The van der Waals surface area contributed by atoms with Crippen molar-refractivity contribution in [2.75, 3.05) is 13.2 Å². The van der Waals surface area contributed by atoms with Crippen molar-refractivity contribution in [3.05, 3.63) is 65.2 Å². The molecule has 1 aliphatic carbocycles. The molecule has 0 aromatic heterocycles. The SMILES string of the molecule is O=C(NC1CC1)c1ccc(OC[C@H]2CCCN2C(=O)c2cc(F)ccc2F)cc1. The Labute approximate surface area is 167 Å². The number of carbonyl (C=O) groups excluding carboxylic acids is 2. The molecule has 2 aromatic carbocycles. The third kappa shape index (κ3) is 4.55. The molecule has 1 aliphatic heterocycles. The molecule has 0 radical (unpaired) electrons. The van der Waals surface area contributed by atoms with Gasteiger partial charge < -0.3 is 15.0 Å². The minimum absolute atomic E-state index is 0.0938. The van der Waals surface area contributed by atoms with E-state index < -0.39 is 17.5 Å². The number of amides is 2. The molecule has 4 rings (SSSR count). The van der Waals surface area contributed by atoms with Gasteiger partial charge in [0.05, 0.1) is 11.6 Å². The quantitative estimate of drug-likeness (QED) is 0.807. The van der Waals surface area contributed by atoms with Crippen LogP contribution in [-0.2, 0) is 0 Å². The standard InChI is InChI=1S/C22H22F2N2O3/c23-15-5-10-20(24)19(12-15)22(28)26-11-1-2-17(26)13-29-18-8-3-14(4-9-18)21(27)25-16-6-7-16/h3-5,8-10,12,16-17H,1-2,6-7,11,13H2,(H,25,27)/t17-/m1/s1. The van der Waals surface area contributed by atoms with Crippen LogP contribution in [0.15, 0.2) is 42.5 Å². The Morgan fingerprint density at radius 1 is 1.07 bits per heavy atom. The number of hydrogen-bond acceptors (Lipinski definition) is 3. The lowest BCUT2D eigenvalue weighted by Gasteiger charge is -2.25. The van der Waals surface area contributed by atoms with Crippen LogP contribution in [0.1, 0.15) is 46.4 Å². The molecular formula is C22H22F2N2O3. The second-order valence-electron chi connectivity index (χ2n) is 7.50. The van der Waals surface area contributed by atoms with Gasteiger partial charge in [-0.25, -0.2) is 8.78 Å². The number of ether oxygens (including phenoxy) is 1. The molecule has 2 aliphatic rings. The Bertz CT molecular complexity index is 913. The van der Waals surface area contributed by atoms with Crippen LogP contribution in [0.5, 0.6) is 5.75 Å². The normalized spacial score (nSPS) is 18.6. The van der Waals surface area contributed by atoms with Crippen molar-refractivity contribution in [2.45, 2.75) is 37.8 Å². The highest BCUT2D eigenvalue weighted by molar-refractivity contribution is 5.95.